The van der Waals surface area contributed by atoms with Crippen LogP contribution in [0.5, 0.6) is 11.5 Å². The predicted molar refractivity (Wildman–Crippen MR) is 118 cm³/mol. The molecule has 1 fully saturated rings. The fourth-order valence-corrected chi connectivity index (χ4v) is 4.40. The van der Waals surface area contributed by atoms with Gasteiger partial charge in [0.2, 0.25) is 11.0 Å². The van der Waals surface area contributed by atoms with Crippen LogP contribution in [0.25, 0.3) is 0 Å². The van der Waals surface area contributed by atoms with Crippen molar-refractivity contribution in [2.45, 2.75) is 19.3 Å². The topological polar surface area (TPSA) is 93.7 Å². The highest BCUT2D eigenvalue weighted by molar-refractivity contribution is 7.15. The summed E-state index contributed by atoms with van der Waals surface area (Å²) in [5.41, 5.74) is 2.33. The minimum Gasteiger partial charge on any atom is -0.497 e. The highest BCUT2D eigenvalue weighted by atomic mass is 32.1. The zero-order chi connectivity index (χ0) is 22.0. The SMILES string of the molecule is COc1ccc(C(=O)Nc2nnc(C3CC(=O)N(c4ccccc4C)C3)s2)c(OC)c1. The fourth-order valence-electron chi connectivity index (χ4n) is 3.57. The lowest BCUT2D eigenvalue weighted by Gasteiger charge is -2.18. The smallest absolute Gasteiger partial charge is 0.261 e. The van der Waals surface area contributed by atoms with E-state index in [0.29, 0.717) is 35.2 Å². The van der Waals surface area contributed by atoms with Crippen molar-refractivity contribution in [2.24, 2.45) is 0 Å². The molecule has 8 nitrogen and oxygen atoms in total. The maximum Gasteiger partial charge on any atom is 0.261 e. The normalized spacial score (nSPS) is 15.8. The molecule has 0 aliphatic carbocycles. The van der Waals surface area contributed by atoms with Gasteiger partial charge in [-0.2, -0.15) is 0 Å². The van der Waals surface area contributed by atoms with Gasteiger partial charge in [-0.15, -0.1) is 10.2 Å². The third-order valence-corrected chi connectivity index (χ3v) is 6.20. The molecule has 4 rings (SSSR count). The minimum absolute atomic E-state index is 0.0584. The summed E-state index contributed by atoms with van der Waals surface area (Å²) in [5.74, 6) is 0.632. The number of ether oxygens (including phenoxy) is 2. The summed E-state index contributed by atoms with van der Waals surface area (Å²) >= 11 is 1.28. The Morgan fingerprint density at radius 1 is 1.16 bits per heavy atom. The van der Waals surface area contributed by atoms with Crippen molar-refractivity contribution in [3.05, 3.63) is 58.6 Å². The zero-order valence-electron chi connectivity index (χ0n) is 17.4. The Balaban J connectivity index is 1.47. The molecule has 2 aromatic carbocycles. The molecule has 2 heterocycles. The van der Waals surface area contributed by atoms with Gasteiger partial charge in [-0.25, -0.2) is 0 Å². The van der Waals surface area contributed by atoms with Crippen LogP contribution in [0.15, 0.2) is 42.5 Å². The van der Waals surface area contributed by atoms with Gasteiger partial charge in [0.15, 0.2) is 0 Å². The van der Waals surface area contributed by atoms with Gasteiger partial charge in [-0.05, 0) is 30.7 Å². The highest BCUT2D eigenvalue weighted by Crippen LogP contribution is 2.35. The first-order chi connectivity index (χ1) is 15.0. The number of aryl methyl sites for hydroxylation is 1. The summed E-state index contributed by atoms with van der Waals surface area (Å²) in [6, 6.07) is 12.8. The Labute approximate surface area is 183 Å². The number of anilines is 2. The van der Waals surface area contributed by atoms with Crippen LogP contribution in [-0.2, 0) is 4.79 Å². The number of para-hydroxylation sites is 1. The second-order valence-electron chi connectivity index (χ2n) is 7.16. The van der Waals surface area contributed by atoms with Gasteiger partial charge < -0.3 is 14.4 Å². The molecule has 1 aromatic heterocycles. The Morgan fingerprint density at radius 3 is 2.71 bits per heavy atom. The first-order valence-electron chi connectivity index (χ1n) is 9.73. The molecule has 31 heavy (non-hydrogen) atoms. The van der Waals surface area contributed by atoms with Crippen LogP contribution in [0.3, 0.4) is 0 Å². The number of nitrogens with one attached hydrogen (secondary N) is 1. The average Bonchev–Trinajstić information content (AvgIpc) is 3.40. The lowest BCUT2D eigenvalue weighted by Crippen LogP contribution is -2.25. The van der Waals surface area contributed by atoms with Crippen LogP contribution < -0.4 is 19.7 Å². The lowest BCUT2D eigenvalue weighted by molar-refractivity contribution is -0.117. The van der Waals surface area contributed by atoms with E-state index in [4.69, 9.17) is 9.47 Å². The van der Waals surface area contributed by atoms with Crippen LogP contribution in [0.1, 0.15) is 33.3 Å². The Bertz CT molecular complexity index is 1130. The number of rotatable bonds is 6. The molecule has 1 saturated heterocycles. The maximum absolute atomic E-state index is 12.7. The van der Waals surface area contributed by atoms with E-state index in [1.807, 2.05) is 31.2 Å². The van der Waals surface area contributed by atoms with Crippen molar-refractivity contribution >= 4 is 34.0 Å². The van der Waals surface area contributed by atoms with Crippen LogP contribution in [0, 0.1) is 6.92 Å². The average molecular weight is 439 g/mol. The van der Waals surface area contributed by atoms with Crippen molar-refractivity contribution in [1.82, 2.24) is 10.2 Å². The molecule has 1 atom stereocenters. The number of carbonyl (C=O) groups is 2. The number of methoxy groups -OCH3 is 2. The lowest BCUT2D eigenvalue weighted by atomic mass is 10.1. The van der Waals surface area contributed by atoms with E-state index in [0.717, 1.165) is 16.3 Å². The van der Waals surface area contributed by atoms with Crippen molar-refractivity contribution in [3.8, 4) is 11.5 Å². The molecule has 1 N–H and O–H groups in total. The molecule has 0 bridgehead atoms. The summed E-state index contributed by atoms with van der Waals surface area (Å²) in [4.78, 5) is 27.1. The van der Waals surface area contributed by atoms with Gasteiger partial charge >= 0.3 is 0 Å². The molecule has 0 radical (unpaired) electrons. The first-order valence-corrected chi connectivity index (χ1v) is 10.5. The Kier molecular flexibility index (Phi) is 5.85. The quantitative estimate of drug-likeness (QED) is 0.632. The number of nitrogens with zero attached hydrogens (tertiary/aromatic N) is 3. The summed E-state index contributed by atoms with van der Waals surface area (Å²) in [7, 11) is 3.04. The van der Waals surface area contributed by atoms with Crippen molar-refractivity contribution in [1.29, 1.82) is 0 Å². The molecule has 0 saturated carbocycles. The van der Waals surface area contributed by atoms with Gasteiger partial charge in [-0.3, -0.25) is 14.9 Å². The Morgan fingerprint density at radius 2 is 1.97 bits per heavy atom. The molecular formula is C22H22N4O4S. The van der Waals surface area contributed by atoms with E-state index < -0.39 is 0 Å². The summed E-state index contributed by atoms with van der Waals surface area (Å²) < 4.78 is 10.5. The standard InChI is InChI=1S/C22H22N4O4S/c1-13-6-4-5-7-17(13)26-12-14(10-19(26)27)21-24-25-22(31-21)23-20(28)16-9-8-15(29-2)11-18(16)30-3/h4-9,11,14H,10,12H2,1-3H3,(H,23,25,28). The van der Waals surface area contributed by atoms with Crippen molar-refractivity contribution in [2.75, 3.05) is 31.0 Å². The van der Waals surface area contributed by atoms with Crippen LogP contribution >= 0.6 is 11.3 Å². The highest BCUT2D eigenvalue weighted by Gasteiger charge is 2.34. The number of amides is 2. The first kappa shape index (κ1) is 20.8. The van der Waals surface area contributed by atoms with Crippen LogP contribution in [-0.4, -0.2) is 42.8 Å². The number of hydrogen-bond donors (Lipinski definition) is 1. The largest absolute Gasteiger partial charge is 0.497 e. The molecular weight excluding hydrogens is 416 g/mol. The molecule has 0 spiro atoms. The van der Waals surface area contributed by atoms with E-state index in [2.05, 4.69) is 15.5 Å². The molecule has 3 aromatic rings. The second-order valence-corrected chi connectivity index (χ2v) is 8.17. The van der Waals surface area contributed by atoms with Gasteiger partial charge in [0.1, 0.15) is 16.5 Å². The van der Waals surface area contributed by atoms with E-state index in [1.54, 1.807) is 30.2 Å². The third-order valence-electron chi connectivity index (χ3n) is 5.19. The summed E-state index contributed by atoms with van der Waals surface area (Å²) in [5, 5.41) is 12.2. The van der Waals surface area contributed by atoms with Crippen molar-refractivity contribution < 1.29 is 19.1 Å². The third kappa shape index (κ3) is 4.22. The van der Waals surface area contributed by atoms with Gasteiger partial charge in [-0.1, -0.05) is 29.5 Å². The number of aromatic nitrogens is 2. The van der Waals surface area contributed by atoms with E-state index in [1.165, 1.54) is 18.4 Å². The second kappa shape index (κ2) is 8.73. The number of benzene rings is 2. The van der Waals surface area contributed by atoms with E-state index in [-0.39, 0.29) is 17.7 Å². The number of hydrogen-bond acceptors (Lipinski definition) is 7. The van der Waals surface area contributed by atoms with Crippen LogP contribution in [0.2, 0.25) is 0 Å². The maximum atomic E-state index is 12.7. The van der Waals surface area contributed by atoms with Crippen molar-refractivity contribution in [3.63, 3.8) is 0 Å². The molecule has 9 heteroatoms. The van der Waals surface area contributed by atoms with E-state index >= 15 is 0 Å². The molecule has 1 unspecified atom stereocenters. The molecule has 160 valence electrons. The summed E-state index contributed by atoms with van der Waals surface area (Å²) in [6.07, 6.45) is 0.364. The summed E-state index contributed by atoms with van der Waals surface area (Å²) in [6.45, 7) is 2.53. The van der Waals surface area contributed by atoms with Gasteiger partial charge in [0.05, 0.1) is 19.8 Å². The monoisotopic (exact) mass is 438 g/mol. The van der Waals surface area contributed by atoms with Gasteiger partial charge in [0.25, 0.3) is 5.91 Å². The molecule has 1 aliphatic heterocycles. The zero-order valence-corrected chi connectivity index (χ0v) is 18.2. The molecule has 1 aliphatic rings. The minimum atomic E-state index is -0.355. The molecule has 2 amide bonds. The van der Waals surface area contributed by atoms with Gasteiger partial charge in [0, 0.05) is 30.6 Å². The predicted octanol–water partition coefficient (Wildman–Crippen LogP) is 3.64. The fraction of sp³-hybridized carbons (Fsp3) is 0.273. The number of carbonyl (C=O) groups excluding carboxylic acids is 2. The van der Waals surface area contributed by atoms with Crippen LogP contribution in [0.4, 0.5) is 10.8 Å². The van der Waals surface area contributed by atoms with E-state index in [9.17, 15) is 9.59 Å². The Hall–Kier alpha value is -3.46.